The van der Waals surface area contributed by atoms with E-state index in [9.17, 15) is 8.42 Å². The van der Waals surface area contributed by atoms with E-state index < -0.39 is 28.8 Å². The van der Waals surface area contributed by atoms with Crippen LogP contribution in [0.4, 0.5) is 5.82 Å². The Morgan fingerprint density at radius 1 is 1.47 bits per heavy atom. The molecule has 0 aromatic carbocycles. The van der Waals surface area contributed by atoms with Crippen LogP contribution in [0.15, 0.2) is 11.1 Å². The van der Waals surface area contributed by atoms with Gasteiger partial charge in [0.2, 0.25) is 10.0 Å². The van der Waals surface area contributed by atoms with Crippen molar-refractivity contribution in [2.24, 2.45) is 0 Å². The average molecular weight is 292 g/mol. The van der Waals surface area contributed by atoms with Crippen LogP contribution in [0.25, 0.3) is 0 Å². The normalized spacial score (nSPS) is 12.8. The lowest BCUT2D eigenvalue weighted by molar-refractivity contribution is 0.122. The lowest BCUT2D eigenvalue weighted by Crippen LogP contribution is -2.51. The summed E-state index contributed by atoms with van der Waals surface area (Å²) in [4.78, 5) is -0.158. The molecule has 5 N–H and O–H groups in total. The van der Waals surface area contributed by atoms with Gasteiger partial charge in [0, 0.05) is 12.7 Å². The van der Waals surface area contributed by atoms with Crippen molar-refractivity contribution in [3.05, 3.63) is 6.20 Å². The Bertz CT molecular complexity index is 522. The van der Waals surface area contributed by atoms with Gasteiger partial charge in [0.05, 0.1) is 18.8 Å². The summed E-state index contributed by atoms with van der Waals surface area (Å²) >= 11 is 0. The first kappa shape index (κ1) is 15.9. The fraction of sp³-hybridized carbons (Fsp3) is 0.700. The standard InChI is InChI=1S/C10H20N4O4S/c1-3-4-14-5-8(9(11)12-14)19(17,18)13-10(2,6-15)7-16/h5,13,15-16H,3-4,6-7H2,1-2H3,(H2,11,12). The van der Waals surface area contributed by atoms with Gasteiger partial charge >= 0.3 is 0 Å². The number of hydrogen-bond donors (Lipinski definition) is 4. The number of aryl methyl sites for hydroxylation is 1. The maximum atomic E-state index is 12.1. The minimum atomic E-state index is -3.95. The third-order valence-electron chi connectivity index (χ3n) is 2.58. The van der Waals surface area contributed by atoms with Gasteiger partial charge in [-0.1, -0.05) is 6.92 Å². The number of nitrogens with two attached hydrogens (primary N) is 1. The first-order valence-corrected chi connectivity index (χ1v) is 7.35. The van der Waals surface area contributed by atoms with Gasteiger partial charge in [-0.15, -0.1) is 0 Å². The van der Waals surface area contributed by atoms with E-state index in [1.54, 1.807) is 0 Å². The number of rotatable bonds is 7. The van der Waals surface area contributed by atoms with Gasteiger partial charge in [-0.3, -0.25) is 4.68 Å². The zero-order chi connectivity index (χ0) is 14.7. The molecule has 0 saturated heterocycles. The van der Waals surface area contributed by atoms with Crippen LogP contribution in [-0.4, -0.2) is 47.2 Å². The van der Waals surface area contributed by atoms with Crippen molar-refractivity contribution in [2.75, 3.05) is 18.9 Å². The molecule has 1 aromatic heterocycles. The monoisotopic (exact) mass is 292 g/mol. The van der Waals surface area contributed by atoms with Crippen LogP contribution >= 0.6 is 0 Å². The van der Waals surface area contributed by atoms with Crippen LogP contribution < -0.4 is 10.5 Å². The van der Waals surface area contributed by atoms with Gasteiger partial charge in [0.25, 0.3) is 0 Å². The number of anilines is 1. The second-order valence-corrected chi connectivity index (χ2v) is 6.27. The lowest BCUT2D eigenvalue weighted by Gasteiger charge is -2.25. The maximum Gasteiger partial charge on any atom is 0.246 e. The van der Waals surface area contributed by atoms with Crippen molar-refractivity contribution in [2.45, 2.75) is 37.2 Å². The zero-order valence-corrected chi connectivity index (χ0v) is 11.8. The first-order valence-electron chi connectivity index (χ1n) is 5.86. The fourth-order valence-corrected chi connectivity index (χ4v) is 2.93. The van der Waals surface area contributed by atoms with Gasteiger partial charge < -0.3 is 15.9 Å². The Labute approximate surface area is 112 Å². The van der Waals surface area contributed by atoms with Crippen LogP contribution in [0, 0.1) is 0 Å². The molecule has 0 radical (unpaired) electrons. The number of nitrogens with zero attached hydrogens (tertiary/aromatic N) is 2. The topological polar surface area (TPSA) is 130 Å². The van der Waals surface area contributed by atoms with E-state index in [-0.39, 0.29) is 10.7 Å². The van der Waals surface area contributed by atoms with Crippen LogP contribution in [0.2, 0.25) is 0 Å². The maximum absolute atomic E-state index is 12.1. The minimum absolute atomic E-state index is 0.112. The minimum Gasteiger partial charge on any atom is -0.394 e. The molecule has 0 spiro atoms. The molecule has 1 heterocycles. The van der Waals surface area contributed by atoms with E-state index in [0.717, 1.165) is 6.42 Å². The van der Waals surface area contributed by atoms with E-state index in [0.29, 0.717) is 6.54 Å². The quantitative estimate of drug-likeness (QED) is 0.504. The Morgan fingerprint density at radius 2 is 2.05 bits per heavy atom. The summed E-state index contributed by atoms with van der Waals surface area (Å²) in [7, 11) is -3.95. The molecule has 8 nitrogen and oxygen atoms in total. The fourth-order valence-electron chi connectivity index (χ4n) is 1.46. The molecule has 0 fully saturated rings. The summed E-state index contributed by atoms with van der Waals surface area (Å²) in [6.45, 7) is 2.80. The zero-order valence-electron chi connectivity index (χ0n) is 11.0. The van der Waals surface area contributed by atoms with Crippen molar-refractivity contribution in [3.63, 3.8) is 0 Å². The highest BCUT2D eigenvalue weighted by Crippen LogP contribution is 2.18. The highest BCUT2D eigenvalue weighted by atomic mass is 32.2. The van der Waals surface area contributed by atoms with Crippen molar-refractivity contribution in [3.8, 4) is 0 Å². The number of hydrogen-bond acceptors (Lipinski definition) is 6. The molecule has 1 aromatic rings. The van der Waals surface area contributed by atoms with E-state index in [2.05, 4.69) is 9.82 Å². The molecule has 1 rings (SSSR count). The summed E-state index contributed by atoms with van der Waals surface area (Å²) in [5.41, 5.74) is 4.23. The SMILES string of the molecule is CCCn1cc(S(=O)(=O)NC(C)(CO)CO)c(N)n1. The molecule has 0 saturated carbocycles. The van der Waals surface area contributed by atoms with Crippen LogP contribution in [0.1, 0.15) is 20.3 Å². The predicted molar refractivity (Wildman–Crippen MR) is 69.8 cm³/mol. The molecule has 0 aliphatic carbocycles. The molecule has 0 aliphatic rings. The third kappa shape index (κ3) is 3.66. The number of nitrogen functional groups attached to an aromatic ring is 1. The van der Waals surface area contributed by atoms with E-state index >= 15 is 0 Å². The van der Waals surface area contributed by atoms with Crippen molar-refractivity contribution >= 4 is 15.8 Å². The summed E-state index contributed by atoms with van der Waals surface area (Å²) in [5.74, 6) is -0.112. The second kappa shape index (κ2) is 5.87. The van der Waals surface area contributed by atoms with E-state index in [1.165, 1.54) is 17.8 Å². The highest BCUT2D eigenvalue weighted by Gasteiger charge is 2.31. The van der Waals surface area contributed by atoms with Gasteiger partial charge in [0.1, 0.15) is 4.90 Å². The number of aliphatic hydroxyl groups is 2. The van der Waals surface area contributed by atoms with E-state index in [4.69, 9.17) is 15.9 Å². The molecule has 0 unspecified atom stereocenters. The third-order valence-corrected chi connectivity index (χ3v) is 4.23. The molecule has 0 amide bonds. The molecule has 0 bridgehead atoms. The van der Waals surface area contributed by atoms with Gasteiger partial charge in [-0.25, -0.2) is 13.1 Å². The lowest BCUT2D eigenvalue weighted by atomic mass is 10.1. The summed E-state index contributed by atoms with van der Waals surface area (Å²) < 4.78 is 27.9. The predicted octanol–water partition coefficient (Wildman–Crippen LogP) is -1.10. The summed E-state index contributed by atoms with van der Waals surface area (Å²) in [6, 6.07) is 0. The summed E-state index contributed by atoms with van der Waals surface area (Å²) in [6.07, 6.45) is 2.12. The van der Waals surface area contributed by atoms with E-state index in [1.807, 2.05) is 6.92 Å². The molecule has 0 aliphatic heterocycles. The van der Waals surface area contributed by atoms with Gasteiger partial charge in [0.15, 0.2) is 5.82 Å². The Kier molecular flexibility index (Phi) is 4.91. The smallest absolute Gasteiger partial charge is 0.246 e. The van der Waals surface area contributed by atoms with Crippen molar-refractivity contribution < 1.29 is 18.6 Å². The number of nitrogens with one attached hydrogen (secondary N) is 1. The van der Waals surface area contributed by atoms with Crippen LogP contribution in [0.5, 0.6) is 0 Å². The highest BCUT2D eigenvalue weighted by molar-refractivity contribution is 7.89. The molecule has 9 heteroatoms. The summed E-state index contributed by atoms with van der Waals surface area (Å²) in [5, 5.41) is 22.1. The van der Waals surface area contributed by atoms with Gasteiger partial charge in [-0.2, -0.15) is 5.10 Å². The number of aliphatic hydroxyl groups excluding tert-OH is 2. The molecule has 110 valence electrons. The van der Waals surface area contributed by atoms with Gasteiger partial charge in [-0.05, 0) is 13.3 Å². The van der Waals surface area contributed by atoms with Crippen molar-refractivity contribution in [1.29, 1.82) is 0 Å². The molecular weight excluding hydrogens is 272 g/mol. The largest absolute Gasteiger partial charge is 0.394 e. The van der Waals surface area contributed by atoms with Crippen molar-refractivity contribution in [1.82, 2.24) is 14.5 Å². The Morgan fingerprint density at radius 3 is 2.53 bits per heavy atom. The molecule has 19 heavy (non-hydrogen) atoms. The average Bonchev–Trinajstić information content (AvgIpc) is 2.71. The Balaban J connectivity index is 3.07. The second-order valence-electron chi connectivity index (χ2n) is 4.62. The number of aromatic nitrogens is 2. The van der Waals surface area contributed by atoms with Crippen LogP contribution in [-0.2, 0) is 16.6 Å². The number of sulfonamides is 1. The Hall–Kier alpha value is -1.16. The van der Waals surface area contributed by atoms with Crippen LogP contribution in [0.3, 0.4) is 0 Å². The molecule has 0 atom stereocenters. The molecular formula is C10H20N4O4S. The first-order chi connectivity index (χ1) is 8.78.